The van der Waals surface area contributed by atoms with Crippen LogP contribution in [0.25, 0.3) is 10.9 Å². The molecule has 0 fully saturated rings. The minimum Gasteiger partial charge on any atom is -0.506 e. The van der Waals surface area contributed by atoms with Gasteiger partial charge >= 0.3 is 0 Å². The number of aromatic nitrogens is 1. The Bertz CT molecular complexity index is 839. The molecule has 1 amide bonds. The minimum atomic E-state index is -0.385. The normalized spacial score (nSPS) is 10.7. The fraction of sp³-hybridized carbons (Fsp3) is 0. The number of rotatable bonds is 2. The van der Waals surface area contributed by atoms with Crippen LogP contribution in [0.3, 0.4) is 0 Å². The summed E-state index contributed by atoms with van der Waals surface area (Å²) in [6.45, 7) is 0. The molecule has 3 aromatic rings. The van der Waals surface area contributed by atoms with Crippen LogP contribution in [0.15, 0.2) is 42.6 Å². The SMILES string of the molecule is O=C(Nc1ccc(O)c(O)c1)c1ccc(O)c2[nH]ccc12. The van der Waals surface area contributed by atoms with E-state index in [0.29, 0.717) is 22.2 Å². The molecule has 0 spiro atoms. The molecule has 0 saturated carbocycles. The second-order valence-corrected chi connectivity index (χ2v) is 4.56. The van der Waals surface area contributed by atoms with Crippen molar-refractivity contribution in [2.75, 3.05) is 5.32 Å². The first-order chi connectivity index (χ1) is 10.1. The van der Waals surface area contributed by atoms with Crippen molar-refractivity contribution >= 4 is 22.5 Å². The Morgan fingerprint density at radius 1 is 0.952 bits per heavy atom. The second-order valence-electron chi connectivity index (χ2n) is 4.56. The van der Waals surface area contributed by atoms with Crippen LogP contribution < -0.4 is 5.32 Å². The molecular weight excluding hydrogens is 272 g/mol. The largest absolute Gasteiger partial charge is 0.506 e. The lowest BCUT2D eigenvalue weighted by Crippen LogP contribution is -2.12. The monoisotopic (exact) mass is 284 g/mol. The first-order valence-electron chi connectivity index (χ1n) is 6.18. The lowest BCUT2D eigenvalue weighted by Gasteiger charge is -2.08. The van der Waals surface area contributed by atoms with E-state index in [1.807, 2.05) is 0 Å². The maximum absolute atomic E-state index is 12.3. The number of aromatic amines is 1. The zero-order valence-corrected chi connectivity index (χ0v) is 10.8. The first-order valence-corrected chi connectivity index (χ1v) is 6.18. The Morgan fingerprint density at radius 2 is 1.71 bits per heavy atom. The summed E-state index contributed by atoms with van der Waals surface area (Å²) < 4.78 is 0. The van der Waals surface area contributed by atoms with Gasteiger partial charge in [0.25, 0.3) is 5.91 Å². The molecule has 0 bridgehead atoms. The van der Waals surface area contributed by atoms with Crippen molar-refractivity contribution in [3.05, 3.63) is 48.2 Å². The Balaban J connectivity index is 1.95. The average Bonchev–Trinajstić information content (AvgIpc) is 2.93. The van der Waals surface area contributed by atoms with E-state index >= 15 is 0 Å². The van der Waals surface area contributed by atoms with Crippen molar-refractivity contribution in [3.8, 4) is 17.2 Å². The maximum Gasteiger partial charge on any atom is 0.256 e. The van der Waals surface area contributed by atoms with Gasteiger partial charge in [-0.15, -0.1) is 0 Å². The van der Waals surface area contributed by atoms with Crippen LogP contribution in [0.4, 0.5) is 5.69 Å². The molecule has 21 heavy (non-hydrogen) atoms. The van der Waals surface area contributed by atoms with Gasteiger partial charge in [-0.3, -0.25) is 4.79 Å². The number of phenols is 3. The van der Waals surface area contributed by atoms with Crippen LogP contribution >= 0.6 is 0 Å². The highest BCUT2D eigenvalue weighted by Gasteiger charge is 2.13. The minimum absolute atomic E-state index is 0.0637. The van der Waals surface area contributed by atoms with Gasteiger partial charge < -0.3 is 25.6 Å². The van der Waals surface area contributed by atoms with Gasteiger partial charge in [-0.05, 0) is 30.3 Å². The molecule has 5 N–H and O–H groups in total. The number of hydrogen-bond acceptors (Lipinski definition) is 4. The summed E-state index contributed by atoms with van der Waals surface area (Å²) >= 11 is 0. The first kappa shape index (κ1) is 12.9. The van der Waals surface area contributed by atoms with Crippen molar-refractivity contribution in [1.29, 1.82) is 0 Å². The molecular formula is C15H12N2O4. The fourth-order valence-electron chi connectivity index (χ4n) is 2.14. The number of fused-ring (bicyclic) bond motifs is 1. The van der Waals surface area contributed by atoms with E-state index < -0.39 is 0 Å². The molecule has 0 unspecified atom stereocenters. The molecule has 2 aromatic carbocycles. The van der Waals surface area contributed by atoms with E-state index in [1.165, 1.54) is 30.3 Å². The quantitative estimate of drug-likeness (QED) is 0.368. The van der Waals surface area contributed by atoms with E-state index in [1.54, 1.807) is 12.3 Å². The summed E-state index contributed by atoms with van der Waals surface area (Å²) in [5.41, 5.74) is 1.22. The van der Waals surface area contributed by atoms with Crippen LogP contribution in [-0.2, 0) is 0 Å². The summed E-state index contributed by atoms with van der Waals surface area (Å²) in [7, 11) is 0. The molecule has 0 radical (unpaired) electrons. The van der Waals surface area contributed by atoms with E-state index in [0.717, 1.165) is 0 Å². The molecule has 1 aromatic heterocycles. The van der Waals surface area contributed by atoms with Crippen LogP contribution in [0.2, 0.25) is 0 Å². The highest BCUT2D eigenvalue weighted by Crippen LogP contribution is 2.29. The highest BCUT2D eigenvalue weighted by atomic mass is 16.3. The number of benzene rings is 2. The Hall–Kier alpha value is -3.15. The second kappa shape index (κ2) is 4.75. The maximum atomic E-state index is 12.3. The number of amides is 1. The highest BCUT2D eigenvalue weighted by molar-refractivity contribution is 6.13. The molecule has 0 aliphatic heterocycles. The molecule has 0 aliphatic rings. The van der Waals surface area contributed by atoms with Gasteiger partial charge in [-0.2, -0.15) is 0 Å². The van der Waals surface area contributed by atoms with Crippen LogP contribution in [0, 0.1) is 0 Å². The molecule has 3 rings (SSSR count). The molecule has 0 saturated heterocycles. The third-order valence-electron chi connectivity index (χ3n) is 3.18. The zero-order valence-electron chi connectivity index (χ0n) is 10.8. The van der Waals surface area contributed by atoms with Gasteiger partial charge in [0.05, 0.1) is 5.52 Å². The van der Waals surface area contributed by atoms with Gasteiger partial charge in [-0.1, -0.05) is 0 Å². The zero-order chi connectivity index (χ0) is 15.0. The molecule has 6 heteroatoms. The number of carbonyl (C=O) groups is 1. The summed E-state index contributed by atoms with van der Waals surface area (Å²) in [6.07, 6.45) is 1.63. The Morgan fingerprint density at radius 3 is 2.48 bits per heavy atom. The third-order valence-corrected chi connectivity index (χ3v) is 3.18. The third kappa shape index (κ3) is 2.23. The van der Waals surface area contributed by atoms with Gasteiger partial charge in [0.15, 0.2) is 11.5 Å². The molecule has 1 heterocycles. The Labute approximate surface area is 119 Å². The van der Waals surface area contributed by atoms with Crippen molar-refractivity contribution in [2.24, 2.45) is 0 Å². The summed E-state index contributed by atoms with van der Waals surface area (Å²) in [5.74, 6) is -0.894. The van der Waals surface area contributed by atoms with Crippen LogP contribution in [-0.4, -0.2) is 26.2 Å². The van der Waals surface area contributed by atoms with E-state index in [-0.39, 0.29) is 23.2 Å². The lowest BCUT2D eigenvalue weighted by molar-refractivity contribution is 0.102. The Kier molecular flexibility index (Phi) is 2.91. The lowest BCUT2D eigenvalue weighted by atomic mass is 10.1. The van der Waals surface area contributed by atoms with Gasteiger partial charge in [-0.25, -0.2) is 0 Å². The molecule has 106 valence electrons. The van der Waals surface area contributed by atoms with Crippen molar-refractivity contribution < 1.29 is 20.1 Å². The molecule has 6 nitrogen and oxygen atoms in total. The van der Waals surface area contributed by atoms with Crippen molar-refractivity contribution in [2.45, 2.75) is 0 Å². The summed E-state index contributed by atoms with van der Waals surface area (Å²) in [6, 6.07) is 8.65. The number of carbonyl (C=O) groups excluding carboxylic acids is 1. The fourth-order valence-corrected chi connectivity index (χ4v) is 2.14. The van der Waals surface area contributed by atoms with E-state index in [9.17, 15) is 20.1 Å². The van der Waals surface area contributed by atoms with Crippen LogP contribution in [0.5, 0.6) is 17.2 Å². The average molecular weight is 284 g/mol. The standard InChI is InChI=1S/C15H12N2O4/c18-11-3-1-8(7-13(11)20)17-15(21)10-2-4-12(19)14-9(10)5-6-16-14/h1-7,16,18-20H,(H,17,21). The number of anilines is 1. The number of hydrogen-bond donors (Lipinski definition) is 5. The number of aromatic hydroxyl groups is 3. The number of phenolic OH excluding ortho intramolecular Hbond substituents is 3. The topological polar surface area (TPSA) is 106 Å². The molecule has 0 atom stereocenters. The van der Waals surface area contributed by atoms with Crippen LogP contribution in [0.1, 0.15) is 10.4 Å². The molecule has 0 aliphatic carbocycles. The van der Waals surface area contributed by atoms with Gasteiger partial charge in [0.2, 0.25) is 0 Å². The van der Waals surface area contributed by atoms with Gasteiger partial charge in [0.1, 0.15) is 5.75 Å². The smallest absolute Gasteiger partial charge is 0.256 e. The van der Waals surface area contributed by atoms with Crippen molar-refractivity contribution in [1.82, 2.24) is 4.98 Å². The summed E-state index contributed by atoms with van der Waals surface area (Å²) in [4.78, 5) is 15.1. The van der Waals surface area contributed by atoms with Crippen molar-refractivity contribution in [3.63, 3.8) is 0 Å². The van der Waals surface area contributed by atoms with Gasteiger partial charge in [0, 0.05) is 28.9 Å². The van der Waals surface area contributed by atoms with E-state index in [2.05, 4.69) is 10.3 Å². The predicted octanol–water partition coefficient (Wildman–Crippen LogP) is 2.54. The predicted molar refractivity (Wildman–Crippen MR) is 77.7 cm³/mol. The summed E-state index contributed by atoms with van der Waals surface area (Å²) in [5, 5.41) is 31.6. The number of nitrogens with one attached hydrogen (secondary N) is 2. The number of H-pyrrole nitrogens is 1. The van der Waals surface area contributed by atoms with E-state index in [4.69, 9.17) is 0 Å².